The molecule has 19 heavy (non-hydrogen) atoms. The minimum Gasteiger partial charge on any atom is -0.496 e. The molecule has 0 amide bonds. The van der Waals surface area contributed by atoms with Crippen LogP contribution in [0.5, 0.6) is 5.75 Å². The van der Waals surface area contributed by atoms with Crippen molar-refractivity contribution in [2.45, 2.75) is 6.92 Å². The van der Waals surface area contributed by atoms with Crippen LogP contribution in [0, 0.1) is 12.7 Å². The van der Waals surface area contributed by atoms with Gasteiger partial charge in [0.15, 0.2) is 5.69 Å². The van der Waals surface area contributed by atoms with E-state index in [2.05, 4.69) is 5.10 Å². The van der Waals surface area contributed by atoms with E-state index < -0.39 is 11.8 Å². The maximum absolute atomic E-state index is 13.5. The van der Waals surface area contributed by atoms with Gasteiger partial charge in [0.2, 0.25) is 0 Å². The Balaban J connectivity index is 2.67. The molecule has 5 nitrogen and oxygen atoms in total. The molecule has 2 aromatic rings. The maximum atomic E-state index is 13.5. The van der Waals surface area contributed by atoms with Crippen LogP contribution in [0.1, 0.15) is 16.1 Å². The summed E-state index contributed by atoms with van der Waals surface area (Å²) in [6, 6.07) is 4.05. The molecular weight excluding hydrogens is 251 g/mol. The largest absolute Gasteiger partial charge is 0.496 e. The predicted molar refractivity (Wildman–Crippen MR) is 66.9 cm³/mol. The van der Waals surface area contributed by atoms with E-state index in [1.807, 2.05) is 0 Å². The number of aromatic nitrogens is 2. The van der Waals surface area contributed by atoms with Gasteiger partial charge < -0.3 is 9.84 Å². The van der Waals surface area contributed by atoms with Crippen LogP contribution in [0.2, 0.25) is 0 Å². The fourth-order valence-corrected chi connectivity index (χ4v) is 2.01. The lowest BCUT2D eigenvalue weighted by Crippen LogP contribution is -2.00. The van der Waals surface area contributed by atoms with Crippen molar-refractivity contribution in [3.63, 3.8) is 0 Å². The molecule has 0 atom stereocenters. The average Bonchev–Trinajstić information content (AvgIpc) is 2.70. The van der Waals surface area contributed by atoms with Crippen molar-refractivity contribution in [1.82, 2.24) is 9.78 Å². The van der Waals surface area contributed by atoms with Crippen molar-refractivity contribution in [1.29, 1.82) is 0 Å². The number of carboxylic acid groups (broad SMARTS) is 1. The Labute approximate surface area is 109 Å². The highest BCUT2D eigenvalue weighted by atomic mass is 19.1. The highest BCUT2D eigenvalue weighted by molar-refractivity contribution is 5.87. The van der Waals surface area contributed by atoms with Gasteiger partial charge in [-0.15, -0.1) is 0 Å². The summed E-state index contributed by atoms with van der Waals surface area (Å²) in [6.07, 6.45) is 0. The van der Waals surface area contributed by atoms with E-state index in [4.69, 9.17) is 9.84 Å². The second kappa shape index (κ2) is 4.72. The SMILES string of the molecule is COc1c(C)cc(F)cc1-c1cc(C(=O)O)nn1C. The lowest BCUT2D eigenvalue weighted by Gasteiger charge is -2.11. The van der Waals surface area contributed by atoms with Crippen molar-refractivity contribution in [3.05, 3.63) is 35.3 Å². The van der Waals surface area contributed by atoms with E-state index in [1.54, 1.807) is 14.0 Å². The van der Waals surface area contributed by atoms with Crippen LogP contribution in [0.15, 0.2) is 18.2 Å². The van der Waals surface area contributed by atoms with E-state index in [0.29, 0.717) is 22.6 Å². The molecule has 1 N–H and O–H groups in total. The summed E-state index contributed by atoms with van der Waals surface area (Å²) in [5.74, 6) is -1.04. The number of hydrogen-bond donors (Lipinski definition) is 1. The molecular formula is C13H13FN2O3. The number of hydrogen-bond acceptors (Lipinski definition) is 3. The van der Waals surface area contributed by atoms with Gasteiger partial charge in [-0.3, -0.25) is 4.68 Å². The van der Waals surface area contributed by atoms with Crippen molar-refractivity contribution >= 4 is 5.97 Å². The molecule has 1 aromatic heterocycles. The summed E-state index contributed by atoms with van der Waals surface area (Å²) in [5.41, 5.74) is 1.50. The number of benzene rings is 1. The zero-order chi connectivity index (χ0) is 14.2. The molecule has 0 spiro atoms. The summed E-state index contributed by atoms with van der Waals surface area (Å²) >= 11 is 0. The van der Waals surface area contributed by atoms with E-state index in [0.717, 1.165) is 0 Å². The molecule has 100 valence electrons. The van der Waals surface area contributed by atoms with Crippen molar-refractivity contribution in [2.24, 2.45) is 7.05 Å². The summed E-state index contributed by atoms with van der Waals surface area (Å²) in [4.78, 5) is 10.9. The Morgan fingerprint density at radius 2 is 2.11 bits per heavy atom. The maximum Gasteiger partial charge on any atom is 0.356 e. The fourth-order valence-electron chi connectivity index (χ4n) is 2.01. The number of nitrogens with zero attached hydrogens (tertiary/aromatic N) is 2. The van der Waals surface area contributed by atoms with Gasteiger partial charge >= 0.3 is 5.97 Å². The number of carbonyl (C=O) groups is 1. The van der Waals surface area contributed by atoms with Crippen LogP contribution in [0.4, 0.5) is 4.39 Å². The Morgan fingerprint density at radius 1 is 1.42 bits per heavy atom. The minimum absolute atomic E-state index is 0.0959. The first-order chi connectivity index (χ1) is 8.93. The van der Waals surface area contributed by atoms with Gasteiger partial charge in [-0.2, -0.15) is 5.10 Å². The number of aromatic carboxylic acids is 1. The van der Waals surface area contributed by atoms with Crippen molar-refractivity contribution < 1.29 is 19.0 Å². The Bertz CT molecular complexity index is 650. The van der Waals surface area contributed by atoms with Gasteiger partial charge in [-0.1, -0.05) is 0 Å². The van der Waals surface area contributed by atoms with Gasteiger partial charge in [-0.05, 0) is 30.7 Å². The Kier molecular flexibility index (Phi) is 3.25. The van der Waals surface area contributed by atoms with Crippen molar-refractivity contribution in [3.8, 4) is 17.0 Å². The van der Waals surface area contributed by atoms with E-state index in [-0.39, 0.29) is 5.69 Å². The van der Waals surface area contributed by atoms with Gasteiger partial charge in [0.05, 0.1) is 12.8 Å². The van der Waals surface area contributed by atoms with Gasteiger partial charge in [0.1, 0.15) is 11.6 Å². The topological polar surface area (TPSA) is 64.3 Å². The summed E-state index contributed by atoms with van der Waals surface area (Å²) in [5, 5.41) is 12.8. The number of halogens is 1. The molecule has 0 saturated carbocycles. The minimum atomic E-state index is -1.13. The quantitative estimate of drug-likeness (QED) is 0.923. The van der Waals surface area contributed by atoms with Crippen LogP contribution in [-0.4, -0.2) is 28.0 Å². The van der Waals surface area contributed by atoms with Crippen LogP contribution in [0.3, 0.4) is 0 Å². The molecule has 0 saturated heterocycles. The number of methoxy groups -OCH3 is 1. The molecule has 1 aromatic carbocycles. The van der Waals surface area contributed by atoms with Gasteiger partial charge in [0.25, 0.3) is 0 Å². The molecule has 0 aliphatic rings. The standard InChI is InChI=1S/C13H13FN2O3/c1-7-4-8(14)5-9(12(7)19-3)11-6-10(13(17)18)15-16(11)2/h4-6H,1-3H3,(H,17,18). The van der Waals surface area contributed by atoms with E-state index in [9.17, 15) is 9.18 Å². The Morgan fingerprint density at radius 3 is 2.63 bits per heavy atom. The van der Waals surface area contributed by atoms with Gasteiger partial charge in [-0.25, -0.2) is 9.18 Å². The molecule has 0 radical (unpaired) electrons. The second-order valence-electron chi connectivity index (χ2n) is 4.15. The highest BCUT2D eigenvalue weighted by Gasteiger charge is 2.17. The smallest absolute Gasteiger partial charge is 0.356 e. The molecule has 0 fully saturated rings. The van der Waals surface area contributed by atoms with Crippen LogP contribution in [0.25, 0.3) is 11.3 Å². The molecule has 0 unspecified atom stereocenters. The summed E-state index contributed by atoms with van der Waals surface area (Å²) in [6.45, 7) is 1.72. The third-order valence-corrected chi connectivity index (χ3v) is 2.82. The van der Waals surface area contributed by atoms with E-state index >= 15 is 0 Å². The lowest BCUT2D eigenvalue weighted by molar-refractivity contribution is 0.0689. The monoisotopic (exact) mass is 264 g/mol. The van der Waals surface area contributed by atoms with Crippen LogP contribution < -0.4 is 4.74 Å². The number of aryl methyl sites for hydroxylation is 2. The average molecular weight is 264 g/mol. The Hall–Kier alpha value is -2.37. The molecule has 0 aliphatic carbocycles. The fraction of sp³-hybridized carbons (Fsp3) is 0.231. The molecule has 0 bridgehead atoms. The third kappa shape index (κ3) is 2.29. The third-order valence-electron chi connectivity index (χ3n) is 2.82. The van der Waals surface area contributed by atoms with Crippen molar-refractivity contribution in [2.75, 3.05) is 7.11 Å². The summed E-state index contributed by atoms with van der Waals surface area (Å²) in [7, 11) is 3.08. The number of carboxylic acids is 1. The normalized spacial score (nSPS) is 10.5. The lowest BCUT2D eigenvalue weighted by atomic mass is 10.1. The van der Waals surface area contributed by atoms with Crippen LogP contribution in [-0.2, 0) is 7.05 Å². The van der Waals surface area contributed by atoms with Gasteiger partial charge in [0, 0.05) is 12.6 Å². The molecule has 1 heterocycles. The first-order valence-corrected chi connectivity index (χ1v) is 5.56. The number of ether oxygens (including phenoxy) is 1. The second-order valence-corrected chi connectivity index (χ2v) is 4.15. The van der Waals surface area contributed by atoms with E-state index in [1.165, 1.54) is 30.0 Å². The zero-order valence-electron chi connectivity index (χ0n) is 10.8. The highest BCUT2D eigenvalue weighted by Crippen LogP contribution is 2.33. The molecule has 6 heteroatoms. The molecule has 2 rings (SSSR count). The molecule has 0 aliphatic heterocycles. The first kappa shape index (κ1) is 13.1. The predicted octanol–water partition coefficient (Wildman–Crippen LogP) is 2.24. The zero-order valence-corrected chi connectivity index (χ0v) is 10.8. The summed E-state index contributed by atoms with van der Waals surface area (Å²) < 4.78 is 20.2. The first-order valence-electron chi connectivity index (χ1n) is 5.56. The number of rotatable bonds is 3. The van der Waals surface area contributed by atoms with Crippen LogP contribution >= 0.6 is 0 Å².